The topological polar surface area (TPSA) is 23.8 Å². The summed E-state index contributed by atoms with van der Waals surface area (Å²) in [5.74, 6) is -1.65. The van der Waals surface area contributed by atoms with E-state index in [2.05, 4.69) is 15.9 Å². The number of rotatable bonds is 3. The largest absolute Gasteiger partial charge is 0.205 e. The van der Waals surface area contributed by atoms with E-state index in [4.69, 9.17) is 5.26 Å². The molecule has 0 heterocycles. The Morgan fingerprint density at radius 1 is 1.33 bits per heavy atom. The second kappa shape index (κ2) is 5.62. The lowest BCUT2D eigenvalue weighted by Crippen LogP contribution is -1.91. The van der Waals surface area contributed by atoms with Crippen molar-refractivity contribution in [2.24, 2.45) is 0 Å². The maximum absolute atomic E-state index is 13.1. The van der Waals surface area contributed by atoms with Crippen molar-refractivity contribution in [2.75, 3.05) is 5.33 Å². The molecule has 0 aliphatic heterocycles. The maximum Gasteiger partial charge on any atom is 0.144 e. The summed E-state index contributed by atoms with van der Waals surface area (Å²) in [7, 11) is 0. The highest BCUT2D eigenvalue weighted by atomic mass is 79.9. The number of nitrogens with zero attached hydrogens (tertiary/aromatic N) is 1. The predicted molar refractivity (Wildman–Crippen MR) is 58.5 cm³/mol. The molecule has 0 atom stereocenters. The fourth-order valence-corrected chi connectivity index (χ4v) is 1.34. The number of halogens is 3. The van der Waals surface area contributed by atoms with Crippen LogP contribution >= 0.6 is 15.9 Å². The van der Waals surface area contributed by atoms with Crippen LogP contribution in [0, 0.1) is 23.0 Å². The fourth-order valence-electron chi connectivity index (χ4n) is 1.08. The van der Waals surface area contributed by atoms with E-state index < -0.39 is 17.2 Å². The van der Waals surface area contributed by atoms with Crippen LogP contribution in [0.25, 0.3) is 6.08 Å². The van der Waals surface area contributed by atoms with Crippen molar-refractivity contribution >= 4 is 22.0 Å². The molecule has 1 aromatic rings. The molecule has 0 saturated heterocycles. The second-order valence-corrected chi connectivity index (χ2v) is 3.64. The Hall–Kier alpha value is -1.21. The van der Waals surface area contributed by atoms with Crippen LogP contribution in [0.15, 0.2) is 18.2 Å². The van der Waals surface area contributed by atoms with Crippen LogP contribution in [0.2, 0.25) is 0 Å². The number of hydrogen-bond donors (Lipinski definition) is 0. The highest BCUT2D eigenvalue weighted by Gasteiger charge is 2.08. The van der Waals surface area contributed by atoms with E-state index >= 15 is 0 Å². The molecule has 1 aromatic carbocycles. The lowest BCUT2D eigenvalue weighted by atomic mass is 10.1. The van der Waals surface area contributed by atoms with Gasteiger partial charge in [-0.2, -0.15) is 5.26 Å². The molecular formula is C11H8BrF2N. The van der Waals surface area contributed by atoms with Gasteiger partial charge in [0.1, 0.15) is 23.3 Å². The molecular weight excluding hydrogens is 264 g/mol. The summed E-state index contributed by atoms with van der Waals surface area (Å²) in [5.41, 5.74) is -0.113. The van der Waals surface area contributed by atoms with Gasteiger partial charge in [-0.1, -0.05) is 28.1 Å². The molecule has 0 bridgehead atoms. The average Bonchev–Trinajstić information content (AvgIpc) is 2.18. The number of alkyl halides is 1. The first-order valence-corrected chi connectivity index (χ1v) is 5.43. The summed E-state index contributed by atoms with van der Waals surface area (Å²) in [6, 6.07) is 3.77. The molecule has 0 spiro atoms. The molecule has 0 amide bonds. The van der Waals surface area contributed by atoms with Crippen LogP contribution in [0.3, 0.4) is 0 Å². The monoisotopic (exact) mass is 271 g/mol. The van der Waals surface area contributed by atoms with Crippen LogP contribution in [-0.2, 0) is 0 Å². The summed E-state index contributed by atoms with van der Waals surface area (Å²) in [5, 5.41) is 9.25. The van der Waals surface area contributed by atoms with Gasteiger partial charge >= 0.3 is 0 Å². The molecule has 0 aromatic heterocycles. The van der Waals surface area contributed by atoms with E-state index in [0.29, 0.717) is 5.56 Å². The minimum absolute atomic E-state index is 0.421. The van der Waals surface area contributed by atoms with E-state index in [0.717, 1.165) is 23.9 Å². The number of benzene rings is 1. The smallest absolute Gasteiger partial charge is 0.144 e. The normalized spacial score (nSPS) is 10.5. The standard InChI is InChI=1S/C11H8BrF2N/c12-4-2-1-3-8-5-10(13)9(7-15)11(14)6-8/h1,3,5-6H,2,4H2. The Morgan fingerprint density at radius 2 is 1.93 bits per heavy atom. The molecule has 78 valence electrons. The molecule has 0 aliphatic carbocycles. The van der Waals surface area contributed by atoms with Gasteiger partial charge in [0.15, 0.2) is 0 Å². The van der Waals surface area contributed by atoms with Crippen LogP contribution in [-0.4, -0.2) is 5.33 Å². The van der Waals surface area contributed by atoms with Crippen molar-refractivity contribution in [2.45, 2.75) is 6.42 Å². The van der Waals surface area contributed by atoms with Gasteiger partial charge in [-0.05, 0) is 24.1 Å². The predicted octanol–water partition coefficient (Wildman–Crippen LogP) is 3.63. The fraction of sp³-hybridized carbons (Fsp3) is 0.182. The molecule has 0 unspecified atom stereocenters. The Balaban J connectivity index is 3.00. The van der Waals surface area contributed by atoms with E-state index in [1.165, 1.54) is 6.07 Å². The average molecular weight is 272 g/mol. The molecule has 15 heavy (non-hydrogen) atoms. The quantitative estimate of drug-likeness (QED) is 0.771. The zero-order valence-electron chi connectivity index (χ0n) is 7.80. The third kappa shape index (κ3) is 3.14. The van der Waals surface area contributed by atoms with Gasteiger partial charge in [-0.25, -0.2) is 8.78 Å². The molecule has 0 radical (unpaired) electrons. The Kier molecular flexibility index (Phi) is 4.44. The Labute approximate surface area is 95.2 Å². The van der Waals surface area contributed by atoms with Gasteiger partial charge in [0, 0.05) is 5.33 Å². The minimum atomic E-state index is -0.823. The van der Waals surface area contributed by atoms with Gasteiger partial charge in [-0.3, -0.25) is 0 Å². The van der Waals surface area contributed by atoms with Crippen LogP contribution in [0.4, 0.5) is 8.78 Å². The van der Waals surface area contributed by atoms with Gasteiger partial charge in [0.25, 0.3) is 0 Å². The van der Waals surface area contributed by atoms with Gasteiger partial charge in [0.05, 0.1) is 0 Å². The van der Waals surface area contributed by atoms with Crippen molar-refractivity contribution in [3.63, 3.8) is 0 Å². The second-order valence-electron chi connectivity index (χ2n) is 2.85. The number of nitriles is 1. The van der Waals surface area contributed by atoms with Crippen LogP contribution in [0.5, 0.6) is 0 Å². The van der Waals surface area contributed by atoms with Crippen molar-refractivity contribution in [3.8, 4) is 6.07 Å². The lowest BCUT2D eigenvalue weighted by molar-refractivity contribution is 0.576. The molecule has 4 heteroatoms. The van der Waals surface area contributed by atoms with E-state index in [9.17, 15) is 8.78 Å². The van der Waals surface area contributed by atoms with E-state index in [1.807, 2.05) is 0 Å². The zero-order valence-corrected chi connectivity index (χ0v) is 9.39. The molecule has 1 nitrogen and oxygen atoms in total. The molecule has 0 saturated carbocycles. The summed E-state index contributed by atoms with van der Waals surface area (Å²) in [6.07, 6.45) is 4.20. The van der Waals surface area contributed by atoms with Crippen molar-refractivity contribution in [3.05, 3.63) is 41.0 Å². The molecule has 1 rings (SSSR count). The Morgan fingerprint density at radius 3 is 2.40 bits per heavy atom. The van der Waals surface area contributed by atoms with Crippen molar-refractivity contribution < 1.29 is 8.78 Å². The van der Waals surface area contributed by atoms with Crippen molar-refractivity contribution in [1.29, 1.82) is 5.26 Å². The zero-order chi connectivity index (χ0) is 11.3. The molecule has 0 N–H and O–H groups in total. The lowest BCUT2D eigenvalue weighted by Gasteiger charge is -1.98. The van der Waals surface area contributed by atoms with E-state index in [-0.39, 0.29) is 0 Å². The van der Waals surface area contributed by atoms with Gasteiger partial charge < -0.3 is 0 Å². The summed E-state index contributed by atoms with van der Waals surface area (Å²) in [6.45, 7) is 0. The highest BCUT2D eigenvalue weighted by molar-refractivity contribution is 9.09. The number of allylic oxidation sites excluding steroid dienone is 1. The summed E-state index contributed by atoms with van der Waals surface area (Å²) in [4.78, 5) is 0. The third-order valence-electron chi connectivity index (χ3n) is 1.76. The molecule has 0 aliphatic rings. The van der Waals surface area contributed by atoms with Crippen LogP contribution in [0.1, 0.15) is 17.5 Å². The van der Waals surface area contributed by atoms with Crippen LogP contribution < -0.4 is 0 Å². The van der Waals surface area contributed by atoms with E-state index in [1.54, 1.807) is 12.2 Å². The van der Waals surface area contributed by atoms with Gasteiger partial charge in [0.2, 0.25) is 0 Å². The maximum atomic E-state index is 13.1. The first kappa shape index (κ1) is 11.9. The Bertz CT molecular complexity index is 398. The van der Waals surface area contributed by atoms with Crippen molar-refractivity contribution in [1.82, 2.24) is 0 Å². The SMILES string of the molecule is N#Cc1c(F)cc(C=CCCBr)cc1F. The first-order valence-electron chi connectivity index (χ1n) is 4.30. The minimum Gasteiger partial charge on any atom is -0.205 e. The highest BCUT2D eigenvalue weighted by Crippen LogP contribution is 2.15. The summed E-state index contributed by atoms with van der Waals surface area (Å²) >= 11 is 3.23. The summed E-state index contributed by atoms with van der Waals surface area (Å²) < 4.78 is 26.2. The first-order chi connectivity index (χ1) is 7.19. The number of hydrogen-bond acceptors (Lipinski definition) is 1. The third-order valence-corrected chi connectivity index (χ3v) is 2.22. The van der Waals surface area contributed by atoms with Gasteiger partial charge in [-0.15, -0.1) is 0 Å². The molecule has 0 fully saturated rings.